The summed E-state index contributed by atoms with van der Waals surface area (Å²) in [5.74, 6) is -0.136. The van der Waals surface area contributed by atoms with Gasteiger partial charge in [-0.3, -0.25) is 15.1 Å². The fourth-order valence-electron chi connectivity index (χ4n) is 2.47. The van der Waals surface area contributed by atoms with Gasteiger partial charge in [-0.25, -0.2) is 4.79 Å². The predicted octanol–water partition coefficient (Wildman–Crippen LogP) is 4.88. The zero-order valence-corrected chi connectivity index (χ0v) is 16.3. The van der Waals surface area contributed by atoms with Crippen molar-refractivity contribution in [3.05, 3.63) is 80.8 Å². The summed E-state index contributed by atoms with van der Waals surface area (Å²) in [6.07, 6.45) is 1.52. The van der Waals surface area contributed by atoms with Crippen molar-refractivity contribution in [3.8, 4) is 11.5 Å². The fraction of sp³-hybridized carbons (Fsp3) is 0.100. The van der Waals surface area contributed by atoms with Gasteiger partial charge in [0.1, 0.15) is 17.4 Å². The Labute approximate surface area is 175 Å². The molecule has 0 aliphatic heterocycles. The lowest BCUT2D eigenvalue weighted by molar-refractivity contribution is -0.384. The van der Waals surface area contributed by atoms with Crippen molar-refractivity contribution in [2.24, 2.45) is 4.99 Å². The van der Waals surface area contributed by atoms with Gasteiger partial charge in [-0.2, -0.15) is 0 Å². The fourth-order valence-corrected chi connectivity index (χ4v) is 2.66. The van der Waals surface area contributed by atoms with Crippen LogP contribution < -0.4 is 9.47 Å². The quantitative estimate of drug-likeness (QED) is 0.307. The highest BCUT2D eigenvalue weighted by Crippen LogP contribution is 2.30. The van der Waals surface area contributed by atoms with Crippen LogP contribution in [0.25, 0.3) is 0 Å². The molecule has 0 atom stereocenters. The standard InChI is InChI=1S/C20H15ClN2O7/c1-28-19-8-12(10-22-13-3-5-15(21)16(9-13)23(26)27)2-6-17(19)29-11-14-4-7-18(30-14)20(24)25/h2-10H,11H2,1H3,(H,24,25). The minimum atomic E-state index is -1.16. The average molecular weight is 431 g/mol. The van der Waals surface area contributed by atoms with Gasteiger partial charge >= 0.3 is 5.97 Å². The molecule has 0 aliphatic rings. The topological polar surface area (TPSA) is 124 Å². The number of ether oxygens (including phenoxy) is 2. The number of methoxy groups -OCH3 is 1. The molecule has 2 aromatic carbocycles. The van der Waals surface area contributed by atoms with Crippen molar-refractivity contribution in [2.75, 3.05) is 7.11 Å². The van der Waals surface area contributed by atoms with Gasteiger partial charge in [0, 0.05) is 12.3 Å². The highest BCUT2D eigenvalue weighted by atomic mass is 35.5. The first-order valence-electron chi connectivity index (χ1n) is 8.48. The van der Waals surface area contributed by atoms with Crippen molar-refractivity contribution < 1.29 is 28.7 Å². The molecule has 1 heterocycles. The number of hydrogen-bond acceptors (Lipinski definition) is 7. The van der Waals surface area contributed by atoms with Crippen LogP contribution in [0.4, 0.5) is 11.4 Å². The molecule has 3 rings (SSSR count). The van der Waals surface area contributed by atoms with Gasteiger partial charge < -0.3 is 19.0 Å². The first kappa shape index (κ1) is 20.9. The van der Waals surface area contributed by atoms with Crippen LogP contribution in [0, 0.1) is 10.1 Å². The third-order valence-electron chi connectivity index (χ3n) is 3.92. The number of aromatic carboxylic acids is 1. The number of carbonyl (C=O) groups is 1. The Bertz CT molecular complexity index is 1120. The van der Waals surface area contributed by atoms with Crippen LogP contribution in [-0.4, -0.2) is 29.3 Å². The number of rotatable bonds is 8. The Balaban J connectivity index is 1.73. The number of benzene rings is 2. The number of aliphatic imine (C=N–C) groups is 1. The molecular weight excluding hydrogens is 416 g/mol. The number of nitrogens with zero attached hydrogens (tertiary/aromatic N) is 2. The van der Waals surface area contributed by atoms with E-state index < -0.39 is 10.9 Å². The Morgan fingerprint density at radius 2 is 2.03 bits per heavy atom. The van der Waals surface area contributed by atoms with Crippen molar-refractivity contribution in [1.82, 2.24) is 0 Å². The summed E-state index contributed by atoms with van der Waals surface area (Å²) in [5, 5.41) is 19.9. The maximum atomic E-state index is 11.0. The maximum Gasteiger partial charge on any atom is 0.371 e. The van der Waals surface area contributed by atoms with E-state index in [9.17, 15) is 14.9 Å². The number of nitro benzene ring substituents is 1. The molecule has 1 aromatic heterocycles. The predicted molar refractivity (Wildman–Crippen MR) is 108 cm³/mol. The molecule has 0 saturated heterocycles. The van der Waals surface area contributed by atoms with Crippen molar-refractivity contribution >= 4 is 35.2 Å². The van der Waals surface area contributed by atoms with Crippen molar-refractivity contribution in [2.45, 2.75) is 6.61 Å². The molecule has 0 spiro atoms. The second-order valence-corrected chi connectivity index (χ2v) is 6.33. The highest BCUT2D eigenvalue weighted by Gasteiger charge is 2.13. The molecular formula is C20H15ClN2O7. The van der Waals surface area contributed by atoms with Gasteiger partial charge in [-0.05, 0) is 48.0 Å². The van der Waals surface area contributed by atoms with Gasteiger partial charge in [-0.15, -0.1) is 0 Å². The van der Waals surface area contributed by atoms with Crippen LogP contribution in [0.15, 0.2) is 57.9 Å². The van der Waals surface area contributed by atoms with Crippen LogP contribution in [0.3, 0.4) is 0 Å². The van der Waals surface area contributed by atoms with Gasteiger partial charge in [0.05, 0.1) is 17.7 Å². The summed E-state index contributed by atoms with van der Waals surface area (Å²) in [5.41, 5.74) is 0.817. The van der Waals surface area contributed by atoms with E-state index in [1.807, 2.05) is 0 Å². The maximum absolute atomic E-state index is 11.0. The smallest absolute Gasteiger partial charge is 0.371 e. The average Bonchev–Trinajstić information content (AvgIpc) is 3.21. The molecule has 0 aliphatic carbocycles. The summed E-state index contributed by atoms with van der Waals surface area (Å²) in [4.78, 5) is 25.5. The molecule has 10 heteroatoms. The third kappa shape index (κ3) is 4.95. The number of nitro groups is 1. The zero-order valence-electron chi connectivity index (χ0n) is 15.6. The molecule has 0 saturated carbocycles. The molecule has 0 amide bonds. The largest absolute Gasteiger partial charge is 0.493 e. The second-order valence-electron chi connectivity index (χ2n) is 5.92. The summed E-state index contributed by atoms with van der Waals surface area (Å²) < 4.78 is 16.1. The van der Waals surface area contributed by atoms with E-state index in [1.54, 1.807) is 24.3 Å². The number of hydrogen-bond donors (Lipinski definition) is 1. The summed E-state index contributed by atoms with van der Waals surface area (Å²) >= 11 is 5.80. The molecule has 0 fully saturated rings. The molecule has 9 nitrogen and oxygen atoms in total. The van der Waals surface area contributed by atoms with Gasteiger partial charge in [0.25, 0.3) is 5.69 Å². The van der Waals surface area contributed by atoms with Gasteiger partial charge in [0.2, 0.25) is 5.76 Å². The molecule has 154 valence electrons. The Morgan fingerprint density at radius 3 is 2.70 bits per heavy atom. The lowest BCUT2D eigenvalue weighted by Gasteiger charge is -2.10. The van der Waals surface area contributed by atoms with Crippen LogP contribution >= 0.6 is 11.6 Å². The van der Waals surface area contributed by atoms with E-state index in [0.717, 1.165) is 0 Å². The lowest BCUT2D eigenvalue weighted by Crippen LogP contribution is -1.98. The number of carboxylic acid groups (broad SMARTS) is 1. The van der Waals surface area contributed by atoms with E-state index in [0.29, 0.717) is 28.5 Å². The van der Waals surface area contributed by atoms with Crippen LogP contribution in [-0.2, 0) is 6.61 Å². The van der Waals surface area contributed by atoms with E-state index in [-0.39, 0.29) is 23.1 Å². The Morgan fingerprint density at radius 1 is 1.23 bits per heavy atom. The molecule has 1 N–H and O–H groups in total. The molecule has 0 unspecified atom stereocenters. The Hall–Kier alpha value is -3.85. The molecule has 3 aromatic rings. The summed E-state index contributed by atoms with van der Waals surface area (Å²) in [7, 11) is 1.47. The van der Waals surface area contributed by atoms with E-state index in [2.05, 4.69) is 4.99 Å². The summed E-state index contributed by atoms with van der Waals surface area (Å²) in [6, 6.07) is 12.2. The second kappa shape index (κ2) is 9.10. The molecule has 30 heavy (non-hydrogen) atoms. The molecule has 0 bridgehead atoms. The SMILES string of the molecule is COc1cc(C=Nc2ccc(Cl)c([N+](=O)[O-])c2)ccc1OCc1ccc(C(=O)O)o1. The number of furan rings is 1. The van der Waals surface area contributed by atoms with Crippen molar-refractivity contribution in [1.29, 1.82) is 0 Å². The van der Waals surface area contributed by atoms with Crippen LogP contribution in [0.1, 0.15) is 21.9 Å². The van der Waals surface area contributed by atoms with E-state index in [4.69, 9.17) is 30.6 Å². The highest BCUT2D eigenvalue weighted by molar-refractivity contribution is 6.32. The first-order chi connectivity index (χ1) is 14.4. The zero-order chi connectivity index (χ0) is 21.7. The Kier molecular flexibility index (Phi) is 6.33. The number of carboxylic acids is 1. The lowest BCUT2D eigenvalue weighted by atomic mass is 10.2. The normalized spacial score (nSPS) is 10.9. The molecule has 0 radical (unpaired) electrons. The van der Waals surface area contributed by atoms with Gasteiger partial charge in [-0.1, -0.05) is 11.6 Å². The van der Waals surface area contributed by atoms with E-state index >= 15 is 0 Å². The van der Waals surface area contributed by atoms with Crippen molar-refractivity contribution in [3.63, 3.8) is 0 Å². The summed E-state index contributed by atoms with van der Waals surface area (Å²) in [6.45, 7) is 0.0194. The third-order valence-corrected chi connectivity index (χ3v) is 4.24. The van der Waals surface area contributed by atoms with Crippen LogP contribution in [0.5, 0.6) is 11.5 Å². The number of halogens is 1. The first-order valence-corrected chi connectivity index (χ1v) is 8.86. The minimum Gasteiger partial charge on any atom is -0.493 e. The monoisotopic (exact) mass is 430 g/mol. The van der Waals surface area contributed by atoms with Crippen LogP contribution in [0.2, 0.25) is 5.02 Å². The van der Waals surface area contributed by atoms with Gasteiger partial charge in [0.15, 0.2) is 11.5 Å². The minimum absolute atomic E-state index is 0.0194. The van der Waals surface area contributed by atoms with E-state index in [1.165, 1.54) is 37.6 Å².